The number of esters is 1. The van der Waals surface area contributed by atoms with Crippen molar-refractivity contribution in [2.45, 2.75) is 62.3 Å². The molecule has 2 aliphatic heterocycles. The lowest BCUT2D eigenvalue weighted by molar-refractivity contribution is -0.151. The number of fused-ring (bicyclic) bond motifs is 2. The monoisotopic (exact) mass is 282 g/mol. The zero-order valence-corrected chi connectivity index (χ0v) is 12.6. The van der Waals surface area contributed by atoms with Gasteiger partial charge in [0, 0.05) is 19.1 Å². The van der Waals surface area contributed by atoms with Gasteiger partial charge in [-0.15, -0.1) is 0 Å². The first-order chi connectivity index (χ1) is 9.66. The van der Waals surface area contributed by atoms with Gasteiger partial charge < -0.3 is 14.8 Å². The smallest absolute Gasteiger partial charge is 0.326 e. The molecule has 5 heteroatoms. The van der Waals surface area contributed by atoms with Crippen LogP contribution in [0.2, 0.25) is 0 Å². The molecule has 0 amide bonds. The molecular weight excluding hydrogens is 256 g/mol. The summed E-state index contributed by atoms with van der Waals surface area (Å²) in [6.07, 6.45) is 7.21. The summed E-state index contributed by atoms with van der Waals surface area (Å²) < 4.78 is 10.9. The first-order valence-corrected chi connectivity index (χ1v) is 7.84. The van der Waals surface area contributed by atoms with Crippen molar-refractivity contribution in [2.24, 2.45) is 0 Å². The molecule has 3 rings (SSSR count). The molecule has 0 radical (unpaired) electrons. The number of likely N-dealkylation sites (N-methyl/N-ethyl adjacent to an activating group) is 1. The number of methoxy groups -OCH3 is 1. The Labute approximate surface area is 121 Å². The van der Waals surface area contributed by atoms with E-state index in [1.54, 1.807) is 0 Å². The topological polar surface area (TPSA) is 50.8 Å². The Balaban J connectivity index is 1.69. The van der Waals surface area contributed by atoms with E-state index in [0.29, 0.717) is 18.2 Å². The first kappa shape index (κ1) is 14.3. The molecule has 3 fully saturated rings. The second-order valence-corrected chi connectivity index (χ2v) is 6.49. The number of nitrogens with one attached hydrogen (secondary N) is 1. The Morgan fingerprint density at radius 2 is 2.00 bits per heavy atom. The Morgan fingerprint density at radius 1 is 1.30 bits per heavy atom. The summed E-state index contributed by atoms with van der Waals surface area (Å²) in [4.78, 5) is 14.7. The lowest BCUT2D eigenvalue weighted by atomic mass is 9.78. The summed E-state index contributed by atoms with van der Waals surface area (Å²) in [5.41, 5.74) is -0.491. The molecule has 0 aromatic rings. The van der Waals surface area contributed by atoms with Crippen LogP contribution in [0, 0.1) is 0 Å². The van der Waals surface area contributed by atoms with Gasteiger partial charge in [-0.3, -0.25) is 9.69 Å². The van der Waals surface area contributed by atoms with Gasteiger partial charge in [0.15, 0.2) is 0 Å². The molecule has 2 bridgehead atoms. The highest BCUT2D eigenvalue weighted by molar-refractivity contribution is 5.81. The van der Waals surface area contributed by atoms with Crippen molar-refractivity contribution in [3.05, 3.63) is 0 Å². The van der Waals surface area contributed by atoms with Crippen LogP contribution >= 0.6 is 0 Å². The summed E-state index contributed by atoms with van der Waals surface area (Å²) in [6.45, 7) is 2.06. The van der Waals surface area contributed by atoms with E-state index in [4.69, 9.17) is 9.47 Å². The van der Waals surface area contributed by atoms with Crippen LogP contribution in [-0.2, 0) is 14.3 Å². The largest absolute Gasteiger partial charge is 0.468 e. The summed E-state index contributed by atoms with van der Waals surface area (Å²) in [6, 6.07) is 0.474. The molecule has 0 spiro atoms. The van der Waals surface area contributed by atoms with E-state index in [9.17, 15) is 4.79 Å². The minimum absolute atomic E-state index is 0.110. The highest BCUT2D eigenvalue weighted by Gasteiger charge is 2.46. The van der Waals surface area contributed by atoms with Gasteiger partial charge in [-0.2, -0.15) is 0 Å². The maximum Gasteiger partial charge on any atom is 0.326 e. The van der Waals surface area contributed by atoms with Gasteiger partial charge in [0.1, 0.15) is 5.54 Å². The van der Waals surface area contributed by atoms with Crippen LogP contribution < -0.4 is 5.32 Å². The Bertz CT molecular complexity index is 364. The minimum atomic E-state index is -0.491. The highest BCUT2D eigenvalue weighted by atomic mass is 16.5. The number of ether oxygens (including phenoxy) is 2. The lowest BCUT2D eigenvalue weighted by Crippen LogP contribution is -2.59. The van der Waals surface area contributed by atoms with Gasteiger partial charge in [0.25, 0.3) is 0 Å². The molecule has 3 aliphatic rings. The predicted molar refractivity (Wildman–Crippen MR) is 75.5 cm³/mol. The fourth-order valence-electron chi connectivity index (χ4n) is 4.21. The van der Waals surface area contributed by atoms with Gasteiger partial charge in [0.2, 0.25) is 0 Å². The van der Waals surface area contributed by atoms with Crippen LogP contribution in [0.15, 0.2) is 0 Å². The SMILES string of the molecule is CNC1(C(=O)OC)CCCC(N2CC3CCC(C2)O3)C1. The average Bonchev–Trinajstić information content (AvgIpc) is 2.84. The van der Waals surface area contributed by atoms with Crippen LogP contribution in [0.4, 0.5) is 0 Å². The lowest BCUT2D eigenvalue weighted by Gasteiger charge is -2.45. The number of morpholine rings is 1. The normalized spacial score (nSPS) is 41.6. The number of likely N-dealkylation sites (tertiary alicyclic amines) is 1. The maximum absolute atomic E-state index is 12.2. The Morgan fingerprint density at radius 3 is 2.60 bits per heavy atom. The van der Waals surface area contributed by atoms with Crippen LogP contribution in [-0.4, -0.2) is 61.9 Å². The number of hydrogen-bond acceptors (Lipinski definition) is 5. The molecule has 4 atom stereocenters. The van der Waals surface area contributed by atoms with Crippen LogP contribution in [0.3, 0.4) is 0 Å². The molecule has 0 aromatic carbocycles. The first-order valence-electron chi connectivity index (χ1n) is 7.84. The Hall–Kier alpha value is -0.650. The van der Waals surface area contributed by atoms with E-state index in [2.05, 4.69) is 10.2 Å². The van der Waals surface area contributed by atoms with E-state index in [0.717, 1.165) is 32.4 Å². The van der Waals surface area contributed by atoms with Gasteiger partial charge in [0.05, 0.1) is 19.3 Å². The molecule has 0 aromatic heterocycles. The average molecular weight is 282 g/mol. The van der Waals surface area contributed by atoms with Crippen molar-refractivity contribution < 1.29 is 14.3 Å². The fraction of sp³-hybridized carbons (Fsp3) is 0.933. The van der Waals surface area contributed by atoms with Crippen molar-refractivity contribution in [3.8, 4) is 0 Å². The molecule has 1 saturated carbocycles. The Kier molecular flexibility index (Phi) is 4.02. The summed E-state index contributed by atoms with van der Waals surface area (Å²) in [5, 5.41) is 3.24. The van der Waals surface area contributed by atoms with E-state index >= 15 is 0 Å². The maximum atomic E-state index is 12.2. The zero-order valence-electron chi connectivity index (χ0n) is 12.6. The summed E-state index contributed by atoms with van der Waals surface area (Å²) >= 11 is 0. The van der Waals surface area contributed by atoms with E-state index in [-0.39, 0.29) is 5.97 Å². The number of hydrogen-bond donors (Lipinski definition) is 1. The molecular formula is C15H26N2O3. The number of nitrogens with zero attached hydrogens (tertiary/aromatic N) is 1. The van der Waals surface area contributed by atoms with Crippen LogP contribution in [0.5, 0.6) is 0 Å². The third-order valence-corrected chi connectivity index (χ3v) is 5.37. The van der Waals surface area contributed by atoms with Crippen molar-refractivity contribution >= 4 is 5.97 Å². The van der Waals surface area contributed by atoms with Gasteiger partial charge in [-0.25, -0.2) is 0 Å². The van der Waals surface area contributed by atoms with Gasteiger partial charge >= 0.3 is 5.97 Å². The third kappa shape index (κ3) is 2.47. The van der Waals surface area contributed by atoms with Crippen molar-refractivity contribution in [2.75, 3.05) is 27.2 Å². The third-order valence-electron chi connectivity index (χ3n) is 5.37. The molecule has 4 unspecified atom stereocenters. The summed E-state index contributed by atoms with van der Waals surface area (Å²) in [7, 11) is 3.36. The second kappa shape index (κ2) is 5.62. The highest BCUT2D eigenvalue weighted by Crippen LogP contribution is 2.35. The van der Waals surface area contributed by atoms with E-state index < -0.39 is 5.54 Å². The van der Waals surface area contributed by atoms with E-state index in [1.165, 1.54) is 26.4 Å². The molecule has 1 aliphatic carbocycles. The minimum Gasteiger partial charge on any atom is -0.468 e. The second-order valence-electron chi connectivity index (χ2n) is 6.49. The van der Waals surface area contributed by atoms with Gasteiger partial charge in [-0.1, -0.05) is 0 Å². The van der Waals surface area contributed by atoms with Gasteiger partial charge in [-0.05, 0) is 45.6 Å². The molecule has 2 saturated heterocycles. The quantitative estimate of drug-likeness (QED) is 0.780. The number of rotatable bonds is 3. The van der Waals surface area contributed by atoms with Crippen LogP contribution in [0.25, 0.3) is 0 Å². The molecule has 2 heterocycles. The standard InChI is InChI=1S/C15H26N2O3/c1-16-15(14(18)19-2)7-3-4-11(8-15)17-9-12-5-6-13(10-17)20-12/h11-13,16H,3-10H2,1-2H3. The van der Waals surface area contributed by atoms with Crippen molar-refractivity contribution in [1.82, 2.24) is 10.2 Å². The number of carbonyl (C=O) groups is 1. The summed E-state index contributed by atoms with van der Waals surface area (Å²) in [5.74, 6) is -0.110. The van der Waals surface area contributed by atoms with Crippen LogP contribution in [0.1, 0.15) is 38.5 Å². The molecule has 20 heavy (non-hydrogen) atoms. The number of carbonyl (C=O) groups excluding carboxylic acids is 1. The molecule has 114 valence electrons. The predicted octanol–water partition coefficient (Wildman–Crippen LogP) is 0.923. The van der Waals surface area contributed by atoms with Crippen molar-refractivity contribution in [3.63, 3.8) is 0 Å². The molecule has 5 nitrogen and oxygen atoms in total. The van der Waals surface area contributed by atoms with Crippen molar-refractivity contribution in [1.29, 1.82) is 0 Å². The molecule has 1 N–H and O–H groups in total. The fourth-order valence-corrected chi connectivity index (χ4v) is 4.21. The van der Waals surface area contributed by atoms with E-state index in [1.807, 2.05) is 7.05 Å². The zero-order chi connectivity index (χ0) is 14.2.